The van der Waals surface area contributed by atoms with E-state index in [1.807, 2.05) is 0 Å². The number of aromatic nitrogens is 3. The first-order valence-corrected chi connectivity index (χ1v) is 3.75. The van der Waals surface area contributed by atoms with Gasteiger partial charge in [-0.1, -0.05) is 0 Å². The van der Waals surface area contributed by atoms with Crippen LogP contribution in [0.2, 0.25) is 0 Å². The molecule has 0 saturated carbocycles. The molecule has 0 atom stereocenters. The van der Waals surface area contributed by atoms with Crippen molar-refractivity contribution in [2.45, 2.75) is 0 Å². The van der Waals surface area contributed by atoms with Gasteiger partial charge in [0.2, 0.25) is 17.8 Å². The van der Waals surface area contributed by atoms with Gasteiger partial charge in [-0.25, -0.2) is 0 Å². The molecule has 8 heteroatoms. The number of nitrogens with one attached hydrogen (secondary N) is 1. The van der Waals surface area contributed by atoms with E-state index in [0.29, 0.717) is 0 Å². The molecule has 8 nitrogen and oxygen atoms in total. The van der Waals surface area contributed by atoms with Crippen molar-refractivity contribution in [1.29, 1.82) is 0 Å². The topological polar surface area (TPSA) is 140 Å². The van der Waals surface area contributed by atoms with Crippen molar-refractivity contribution in [1.82, 2.24) is 15.0 Å². The van der Waals surface area contributed by atoms with Crippen molar-refractivity contribution in [3.63, 3.8) is 0 Å². The normalized spacial score (nSPS) is 9.79. The Morgan fingerprint density at radius 3 is 2.36 bits per heavy atom. The second-order valence-corrected chi connectivity index (χ2v) is 2.43. The van der Waals surface area contributed by atoms with E-state index < -0.39 is 6.61 Å². The van der Waals surface area contributed by atoms with Crippen molar-refractivity contribution >= 4 is 23.6 Å². The molecule has 0 saturated heterocycles. The van der Waals surface area contributed by atoms with Crippen LogP contribution in [0.15, 0.2) is 0 Å². The maximum Gasteiger partial charge on any atom is 0.229 e. The Hall–Kier alpha value is -1.96. The molecular weight excluding hydrogens is 188 g/mol. The van der Waals surface area contributed by atoms with Crippen molar-refractivity contribution in [3.05, 3.63) is 0 Å². The number of nitrogens with two attached hydrogens (primary N) is 2. The number of Topliss-reactive ketones (excluding diaryl/α,β-unsaturated/α-hetero) is 1. The summed E-state index contributed by atoms with van der Waals surface area (Å²) in [5.41, 5.74) is 10.6. The Balaban J connectivity index is 2.63. The molecule has 1 aromatic heterocycles. The zero-order valence-corrected chi connectivity index (χ0v) is 7.27. The molecule has 14 heavy (non-hydrogen) atoms. The minimum atomic E-state index is -0.539. The molecule has 1 heterocycles. The number of carbonyl (C=O) groups excluding carboxylic acids is 1. The van der Waals surface area contributed by atoms with Crippen LogP contribution in [0.3, 0.4) is 0 Å². The van der Waals surface area contributed by atoms with Gasteiger partial charge in [0.15, 0.2) is 5.78 Å². The molecule has 0 aliphatic rings. The van der Waals surface area contributed by atoms with E-state index in [1.54, 1.807) is 0 Å². The maximum atomic E-state index is 10.7. The number of aliphatic hydroxyl groups is 1. The lowest BCUT2D eigenvalue weighted by Gasteiger charge is -2.03. The summed E-state index contributed by atoms with van der Waals surface area (Å²) in [6, 6.07) is 0. The summed E-state index contributed by atoms with van der Waals surface area (Å²) in [4.78, 5) is 21.6. The number of anilines is 3. The van der Waals surface area contributed by atoms with Crippen molar-refractivity contribution in [3.8, 4) is 0 Å². The van der Waals surface area contributed by atoms with Gasteiger partial charge in [0, 0.05) is 0 Å². The predicted molar refractivity (Wildman–Crippen MR) is 49.2 cm³/mol. The number of aliphatic hydroxyl groups excluding tert-OH is 1. The lowest BCUT2D eigenvalue weighted by molar-refractivity contribution is -0.120. The van der Waals surface area contributed by atoms with Crippen LogP contribution in [0.25, 0.3) is 0 Å². The minimum absolute atomic E-state index is 0.0311. The molecule has 0 aliphatic carbocycles. The smallest absolute Gasteiger partial charge is 0.229 e. The molecule has 0 aliphatic heterocycles. The van der Waals surface area contributed by atoms with E-state index >= 15 is 0 Å². The first-order valence-electron chi connectivity index (χ1n) is 3.75. The average Bonchev–Trinajstić information content (AvgIpc) is 2.12. The minimum Gasteiger partial charge on any atom is -0.389 e. The van der Waals surface area contributed by atoms with Gasteiger partial charge in [-0.3, -0.25) is 4.79 Å². The molecule has 0 radical (unpaired) electrons. The monoisotopic (exact) mass is 198 g/mol. The number of rotatable bonds is 4. The fraction of sp³-hybridized carbons (Fsp3) is 0.333. The second kappa shape index (κ2) is 4.33. The van der Waals surface area contributed by atoms with E-state index in [1.165, 1.54) is 0 Å². The van der Waals surface area contributed by atoms with E-state index in [4.69, 9.17) is 16.6 Å². The van der Waals surface area contributed by atoms with Crippen molar-refractivity contribution in [2.24, 2.45) is 0 Å². The molecule has 0 spiro atoms. The Morgan fingerprint density at radius 1 is 1.29 bits per heavy atom. The Kier molecular flexibility index (Phi) is 3.13. The Bertz CT molecular complexity index is 321. The molecule has 0 fully saturated rings. The van der Waals surface area contributed by atoms with E-state index in [0.717, 1.165) is 0 Å². The number of hydrogen-bond acceptors (Lipinski definition) is 8. The Morgan fingerprint density at radius 2 is 1.86 bits per heavy atom. The molecule has 1 aromatic rings. The lowest BCUT2D eigenvalue weighted by atomic mass is 10.4. The SMILES string of the molecule is Nc1nc(N)nc(NCC(=O)CO)n1. The number of ketones is 1. The highest BCUT2D eigenvalue weighted by Gasteiger charge is 2.03. The number of nitrogen functional groups attached to an aromatic ring is 2. The van der Waals surface area contributed by atoms with Crippen molar-refractivity contribution in [2.75, 3.05) is 29.9 Å². The molecule has 6 N–H and O–H groups in total. The van der Waals surface area contributed by atoms with Crippen LogP contribution in [0.1, 0.15) is 0 Å². The summed E-state index contributed by atoms with van der Waals surface area (Å²) in [6.45, 7) is -0.623. The summed E-state index contributed by atoms with van der Waals surface area (Å²) in [5, 5.41) is 11.0. The highest BCUT2D eigenvalue weighted by molar-refractivity contribution is 5.83. The maximum absolute atomic E-state index is 10.7. The standard InChI is InChI=1S/C6H10N6O2/c7-4-10-5(8)12-6(11-4)9-1-3(14)2-13/h13H,1-2H2,(H5,7,8,9,10,11,12). The van der Waals surface area contributed by atoms with Crippen molar-refractivity contribution < 1.29 is 9.90 Å². The fourth-order valence-corrected chi connectivity index (χ4v) is 0.722. The first kappa shape index (κ1) is 10.1. The van der Waals surface area contributed by atoms with Gasteiger partial charge >= 0.3 is 0 Å². The third-order valence-electron chi connectivity index (χ3n) is 1.29. The molecule has 1 rings (SSSR count). The van der Waals surface area contributed by atoms with Crippen LogP contribution < -0.4 is 16.8 Å². The molecule has 76 valence electrons. The first-order chi connectivity index (χ1) is 6.61. The highest BCUT2D eigenvalue weighted by atomic mass is 16.3. The average molecular weight is 198 g/mol. The summed E-state index contributed by atoms with van der Waals surface area (Å²) in [7, 11) is 0. The van der Waals surface area contributed by atoms with Gasteiger partial charge in [-0.2, -0.15) is 15.0 Å². The number of hydrogen-bond donors (Lipinski definition) is 4. The summed E-state index contributed by atoms with van der Waals surface area (Å²) >= 11 is 0. The third kappa shape index (κ3) is 2.83. The lowest BCUT2D eigenvalue weighted by Crippen LogP contribution is -2.19. The fourth-order valence-electron chi connectivity index (χ4n) is 0.722. The molecule has 0 aromatic carbocycles. The number of nitrogens with zero attached hydrogens (tertiary/aromatic N) is 3. The predicted octanol–water partition coefficient (Wildman–Crippen LogP) is -1.99. The second-order valence-electron chi connectivity index (χ2n) is 2.43. The Labute approximate surface area is 79.4 Å². The number of carbonyl (C=O) groups is 1. The van der Waals surface area contributed by atoms with Crippen LogP contribution in [0.4, 0.5) is 17.8 Å². The van der Waals surface area contributed by atoms with E-state index in [9.17, 15) is 4.79 Å². The van der Waals surface area contributed by atoms with E-state index in [-0.39, 0.29) is 30.2 Å². The van der Waals surface area contributed by atoms with Crippen LogP contribution >= 0.6 is 0 Å². The van der Waals surface area contributed by atoms with Gasteiger partial charge in [-0.15, -0.1) is 0 Å². The molecular formula is C6H10N6O2. The van der Waals surface area contributed by atoms with Gasteiger partial charge < -0.3 is 21.9 Å². The largest absolute Gasteiger partial charge is 0.389 e. The van der Waals surface area contributed by atoms with Gasteiger partial charge in [0.05, 0.1) is 6.54 Å². The summed E-state index contributed by atoms with van der Waals surface area (Å²) < 4.78 is 0. The quantitative estimate of drug-likeness (QED) is 0.435. The highest BCUT2D eigenvalue weighted by Crippen LogP contribution is 2.02. The van der Waals surface area contributed by atoms with Gasteiger partial charge in [-0.05, 0) is 0 Å². The van der Waals surface area contributed by atoms with Crippen LogP contribution in [-0.4, -0.2) is 39.0 Å². The molecule has 0 unspecified atom stereocenters. The van der Waals surface area contributed by atoms with Crippen LogP contribution in [-0.2, 0) is 4.79 Å². The third-order valence-corrected chi connectivity index (χ3v) is 1.29. The molecule has 0 amide bonds. The van der Waals surface area contributed by atoms with Crippen LogP contribution in [0, 0.1) is 0 Å². The van der Waals surface area contributed by atoms with Gasteiger partial charge in [0.25, 0.3) is 0 Å². The van der Waals surface area contributed by atoms with Gasteiger partial charge in [0.1, 0.15) is 6.61 Å². The van der Waals surface area contributed by atoms with E-state index in [2.05, 4.69) is 20.3 Å². The molecule has 0 bridgehead atoms. The van der Waals surface area contributed by atoms with Crippen LogP contribution in [0.5, 0.6) is 0 Å². The summed E-state index contributed by atoms with van der Waals surface area (Å²) in [6.07, 6.45) is 0. The zero-order valence-electron chi connectivity index (χ0n) is 7.27. The summed E-state index contributed by atoms with van der Waals surface area (Å²) in [5.74, 6) is -0.341. The zero-order chi connectivity index (χ0) is 10.6.